The van der Waals surface area contributed by atoms with Gasteiger partial charge in [0.15, 0.2) is 0 Å². The Morgan fingerprint density at radius 1 is 1.43 bits per heavy atom. The quantitative estimate of drug-likeness (QED) is 0.835. The predicted octanol–water partition coefficient (Wildman–Crippen LogP) is 1.44. The molecule has 0 amide bonds. The summed E-state index contributed by atoms with van der Waals surface area (Å²) in [4.78, 5) is 12.1. The molecule has 1 saturated heterocycles. The number of Topliss-reactive ketones (excluding diaryl/α,β-unsaturated/α-hetero) is 1. The van der Waals surface area contributed by atoms with Crippen LogP contribution in [-0.2, 0) is 21.2 Å². The van der Waals surface area contributed by atoms with Crippen LogP contribution < -0.4 is 5.73 Å². The SMILES string of the molecule is CS(=O)(=O)N1CCCC(CC(=O)Cc2cccc(N)c2)C1. The molecule has 2 rings (SSSR count). The van der Waals surface area contributed by atoms with Crippen LogP contribution in [-0.4, -0.2) is 37.9 Å². The molecule has 1 aliphatic rings. The highest BCUT2D eigenvalue weighted by Crippen LogP contribution is 2.22. The summed E-state index contributed by atoms with van der Waals surface area (Å²) in [6.45, 7) is 1.03. The van der Waals surface area contributed by atoms with E-state index in [4.69, 9.17) is 5.73 Å². The van der Waals surface area contributed by atoms with Crippen LogP contribution in [0, 0.1) is 5.92 Å². The minimum absolute atomic E-state index is 0.127. The number of sulfonamides is 1. The molecule has 0 radical (unpaired) electrons. The molecular formula is C15H22N2O3S. The van der Waals surface area contributed by atoms with Gasteiger partial charge in [-0.05, 0) is 36.5 Å². The lowest BCUT2D eigenvalue weighted by Gasteiger charge is -2.30. The van der Waals surface area contributed by atoms with E-state index in [0.29, 0.717) is 31.6 Å². The molecule has 0 spiro atoms. The zero-order valence-electron chi connectivity index (χ0n) is 12.3. The van der Waals surface area contributed by atoms with Gasteiger partial charge >= 0.3 is 0 Å². The van der Waals surface area contributed by atoms with E-state index in [2.05, 4.69) is 0 Å². The summed E-state index contributed by atoms with van der Waals surface area (Å²) in [5, 5.41) is 0. The summed E-state index contributed by atoms with van der Waals surface area (Å²) < 4.78 is 24.6. The van der Waals surface area contributed by atoms with Crippen molar-refractivity contribution in [2.24, 2.45) is 5.92 Å². The van der Waals surface area contributed by atoms with Crippen molar-refractivity contribution in [2.45, 2.75) is 25.7 Å². The predicted molar refractivity (Wildman–Crippen MR) is 83.3 cm³/mol. The summed E-state index contributed by atoms with van der Waals surface area (Å²) in [6.07, 6.45) is 3.75. The maximum Gasteiger partial charge on any atom is 0.211 e. The number of anilines is 1. The molecule has 2 N–H and O–H groups in total. The Labute approximate surface area is 126 Å². The lowest BCUT2D eigenvalue weighted by atomic mass is 9.92. The monoisotopic (exact) mass is 310 g/mol. The van der Waals surface area contributed by atoms with Gasteiger partial charge in [-0.3, -0.25) is 4.79 Å². The van der Waals surface area contributed by atoms with Gasteiger partial charge in [-0.2, -0.15) is 0 Å². The average molecular weight is 310 g/mol. The van der Waals surface area contributed by atoms with Crippen LogP contribution in [0.25, 0.3) is 0 Å². The average Bonchev–Trinajstić information content (AvgIpc) is 2.37. The molecule has 1 atom stereocenters. The van der Waals surface area contributed by atoms with Crippen LogP contribution in [0.3, 0.4) is 0 Å². The van der Waals surface area contributed by atoms with E-state index >= 15 is 0 Å². The van der Waals surface area contributed by atoms with Crippen LogP contribution >= 0.6 is 0 Å². The lowest BCUT2D eigenvalue weighted by Crippen LogP contribution is -2.39. The Hall–Kier alpha value is -1.40. The molecule has 5 nitrogen and oxygen atoms in total. The van der Waals surface area contributed by atoms with Crippen LogP contribution in [0.5, 0.6) is 0 Å². The van der Waals surface area contributed by atoms with Gasteiger partial charge in [-0.15, -0.1) is 0 Å². The number of rotatable bonds is 5. The smallest absolute Gasteiger partial charge is 0.211 e. The van der Waals surface area contributed by atoms with Crippen LogP contribution in [0.4, 0.5) is 5.69 Å². The molecule has 0 aromatic heterocycles. The zero-order chi connectivity index (χ0) is 15.5. The van der Waals surface area contributed by atoms with Crippen molar-refractivity contribution in [2.75, 3.05) is 25.1 Å². The summed E-state index contributed by atoms with van der Waals surface area (Å²) in [5.74, 6) is 0.267. The second-order valence-corrected chi connectivity index (χ2v) is 7.78. The molecule has 0 saturated carbocycles. The molecule has 1 fully saturated rings. The summed E-state index contributed by atoms with van der Waals surface area (Å²) in [6, 6.07) is 7.32. The van der Waals surface area contributed by atoms with E-state index in [0.717, 1.165) is 18.4 Å². The van der Waals surface area contributed by atoms with Gasteiger partial charge in [-0.1, -0.05) is 12.1 Å². The first-order valence-corrected chi connectivity index (χ1v) is 9.00. The Bertz CT molecular complexity index is 613. The second kappa shape index (κ2) is 6.58. The number of hydrogen-bond acceptors (Lipinski definition) is 4. The third kappa shape index (κ3) is 4.82. The molecule has 1 unspecified atom stereocenters. The third-order valence-electron chi connectivity index (χ3n) is 3.82. The number of carbonyl (C=O) groups excluding carboxylic acids is 1. The minimum atomic E-state index is -3.15. The van der Waals surface area contributed by atoms with Gasteiger partial charge in [0.25, 0.3) is 0 Å². The Morgan fingerprint density at radius 2 is 2.19 bits per heavy atom. The highest BCUT2D eigenvalue weighted by atomic mass is 32.2. The van der Waals surface area contributed by atoms with Crippen molar-refractivity contribution in [3.05, 3.63) is 29.8 Å². The maximum absolute atomic E-state index is 12.1. The molecule has 1 aromatic carbocycles. The number of nitrogen functional groups attached to an aromatic ring is 1. The first kappa shape index (κ1) is 16.0. The number of nitrogens with two attached hydrogens (primary N) is 1. The van der Waals surface area contributed by atoms with Crippen LogP contribution in [0.15, 0.2) is 24.3 Å². The first-order chi connectivity index (χ1) is 9.84. The lowest BCUT2D eigenvalue weighted by molar-refractivity contribution is -0.119. The largest absolute Gasteiger partial charge is 0.399 e. The molecule has 21 heavy (non-hydrogen) atoms. The highest BCUT2D eigenvalue weighted by molar-refractivity contribution is 7.88. The molecule has 1 heterocycles. The molecular weight excluding hydrogens is 288 g/mol. The van der Waals surface area contributed by atoms with Gasteiger partial charge in [0.1, 0.15) is 5.78 Å². The standard InChI is InChI=1S/C15H22N2O3S/c1-21(19,20)17-7-3-5-13(11-17)10-15(18)9-12-4-2-6-14(16)8-12/h2,4,6,8,13H,3,5,7,9-11,16H2,1H3. The minimum Gasteiger partial charge on any atom is -0.399 e. The fraction of sp³-hybridized carbons (Fsp3) is 0.533. The molecule has 1 aliphatic heterocycles. The summed E-state index contributed by atoms with van der Waals surface area (Å²) in [7, 11) is -3.15. The van der Waals surface area contributed by atoms with Crippen molar-refractivity contribution in [3.8, 4) is 0 Å². The van der Waals surface area contributed by atoms with Gasteiger partial charge in [0, 0.05) is 31.6 Å². The molecule has 0 aliphatic carbocycles. The Kier molecular flexibility index (Phi) is 5.00. The topological polar surface area (TPSA) is 80.5 Å². The van der Waals surface area contributed by atoms with Crippen LogP contribution in [0.2, 0.25) is 0 Å². The van der Waals surface area contributed by atoms with E-state index < -0.39 is 10.0 Å². The van der Waals surface area contributed by atoms with E-state index in [1.165, 1.54) is 10.6 Å². The maximum atomic E-state index is 12.1. The molecule has 0 bridgehead atoms. The van der Waals surface area contributed by atoms with E-state index in [1.807, 2.05) is 18.2 Å². The van der Waals surface area contributed by atoms with Gasteiger partial charge in [-0.25, -0.2) is 12.7 Å². The van der Waals surface area contributed by atoms with Crippen molar-refractivity contribution < 1.29 is 13.2 Å². The van der Waals surface area contributed by atoms with E-state index in [9.17, 15) is 13.2 Å². The normalized spacial score (nSPS) is 20.3. The number of benzene rings is 1. The Balaban J connectivity index is 1.90. The third-order valence-corrected chi connectivity index (χ3v) is 5.09. The van der Waals surface area contributed by atoms with Gasteiger partial charge < -0.3 is 5.73 Å². The second-order valence-electron chi connectivity index (χ2n) is 5.79. The number of piperidine rings is 1. The van der Waals surface area contributed by atoms with E-state index in [1.54, 1.807) is 6.07 Å². The first-order valence-electron chi connectivity index (χ1n) is 7.16. The van der Waals surface area contributed by atoms with Gasteiger partial charge in [0.05, 0.1) is 6.26 Å². The van der Waals surface area contributed by atoms with Crippen molar-refractivity contribution in [3.63, 3.8) is 0 Å². The molecule has 1 aromatic rings. The number of hydrogen-bond donors (Lipinski definition) is 1. The molecule has 6 heteroatoms. The molecule has 116 valence electrons. The summed E-state index contributed by atoms with van der Waals surface area (Å²) in [5.41, 5.74) is 7.27. The van der Waals surface area contributed by atoms with Crippen molar-refractivity contribution in [1.82, 2.24) is 4.31 Å². The summed E-state index contributed by atoms with van der Waals surface area (Å²) >= 11 is 0. The number of nitrogens with zero attached hydrogens (tertiary/aromatic N) is 1. The van der Waals surface area contributed by atoms with Crippen molar-refractivity contribution >= 4 is 21.5 Å². The highest BCUT2D eigenvalue weighted by Gasteiger charge is 2.27. The van der Waals surface area contributed by atoms with Crippen molar-refractivity contribution in [1.29, 1.82) is 0 Å². The number of ketones is 1. The van der Waals surface area contributed by atoms with E-state index in [-0.39, 0.29) is 11.7 Å². The Morgan fingerprint density at radius 3 is 2.86 bits per heavy atom. The fourth-order valence-electron chi connectivity index (χ4n) is 2.82. The fourth-order valence-corrected chi connectivity index (χ4v) is 3.76. The van der Waals surface area contributed by atoms with Gasteiger partial charge in [0.2, 0.25) is 10.0 Å². The van der Waals surface area contributed by atoms with Crippen LogP contribution in [0.1, 0.15) is 24.8 Å². The zero-order valence-corrected chi connectivity index (χ0v) is 13.1. The number of carbonyl (C=O) groups is 1.